The smallest absolute Gasteiger partial charge is 0.222 e. The summed E-state index contributed by atoms with van der Waals surface area (Å²) >= 11 is 0. The van der Waals surface area contributed by atoms with Gasteiger partial charge in [-0.25, -0.2) is 9.67 Å². The van der Waals surface area contributed by atoms with Crippen LogP contribution in [0, 0.1) is 0 Å². The maximum Gasteiger partial charge on any atom is 0.222 e. The first kappa shape index (κ1) is 16.3. The van der Waals surface area contributed by atoms with Gasteiger partial charge >= 0.3 is 0 Å². The maximum absolute atomic E-state index is 6.18. The number of nitrogens with zero attached hydrogens (tertiary/aromatic N) is 5. The molecule has 0 unspecified atom stereocenters. The molecule has 0 aliphatic heterocycles. The number of rotatable bonds is 4. The lowest BCUT2D eigenvalue weighted by Crippen LogP contribution is -2.04. The molecule has 2 N–H and O–H groups in total. The second-order valence-corrected chi connectivity index (χ2v) is 6.52. The van der Waals surface area contributed by atoms with Crippen molar-refractivity contribution in [3.05, 3.63) is 78.2 Å². The molecule has 0 bridgehead atoms. The molecular formula is C21H18N6O. The van der Waals surface area contributed by atoms with Crippen molar-refractivity contribution in [2.45, 2.75) is 6.42 Å². The fourth-order valence-electron chi connectivity index (χ4n) is 3.54. The Morgan fingerprint density at radius 2 is 1.96 bits per heavy atom. The molecule has 0 spiro atoms. The number of hydrogen-bond acceptors (Lipinski definition) is 5. The molecule has 2 aromatic carbocycles. The summed E-state index contributed by atoms with van der Waals surface area (Å²) in [5.41, 5.74) is 10.9. The Kier molecular flexibility index (Phi) is 3.72. The number of nitrogens with two attached hydrogens (primary N) is 1. The van der Waals surface area contributed by atoms with E-state index in [1.807, 2.05) is 53.3 Å². The highest BCUT2D eigenvalue weighted by molar-refractivity contribution is 5.97. The fourth-order valence-corrected chi connectivity index (χ4v) is 3.54. The van der Waals surface area contributed by atoms with Gasteiger partial charge in [0.15, 0.2) is 0 Å². The van der Waals surface area contributed by atoms with Gasteiger partial charge in [-0.15, -0.1) is 0 Å². The van der Waals surface area contributed by atoms with Gasteiger partial charge in [0.2, 0.25) is 5.95 Å². The lowest BCUT2D eigenvalue weighted by molar-refractivity contribution is 0.419. The van der Waals surface area contributed by atoms with E-state index >= 15 is 0 Å². The molecule has 0 fully saturated rings. The summed E-state index contributed by atoms with van der Waals surface area (Å²) in [4.78, 5) is 4.49. The molecule has 0 saturated carbocycles. The van der Waals surface area contributed by atoms with Crippen LogP contribution in [-0.4, -0.2) is 31.5 Å². The fraction of sp³-hybridized carbons (Fsp3) is 0.0952. The van der Waals surface area contributed by atoms with Crippen LogP contribution in [0.2, 0.25) is 0 Å². The van der Waals surface area contributed by atoms with Gasteiger partial charge in [-0.05, 0) is 29.8 Å². The van der Waals surface area contributed by atoms with Gasteiger partial charge in [0.1, 0.15) is 11.3 Å². The third-order valence-electron chi connectivity index (χ3n) is 4.81. The second kappa shape index (κ2) is 6.38. The summed E-state index contributed by atoms with van der Waals surface area (Å²) in [6.07, 6.45) is 4.36. The van der Waals surface area contributed by atoms with E-state index in [1.165, 1.54) is 0 Å². The van der Waals surface area contributed by atoms with Crippen LogP contribution < -0.4 is 10.5 Å². The SMILES string of the molecule is COc1cccc2c1nc(N)n1nc(Cc3ccccc3-n3cccn3)cc21. The van der Waals surface area contributed by atoms with Gasteiger partial charge < -0.3 is 10.5 Å². The Bertz CT molecular complexity index is 1290. The summed E-state index contributed by atoms with van der Waals surface area (Å²) in [6, 6.07) is 18.0. The molecule has 138 valence electrons. The number of nitrogen functional groups attached to an aromatic ring is 1. The van der Waals surface area contributed by atoms with E-state index in [0.29, 0.717) is 18.1 Å². The van der Waals surface area contributed by atoms with Gasteiger partial charge in [0.25, 0.3) is 0 Å². The summed E-state index contributed by atoms with van der Waals surface area (Å²) in [6.45, 7) is 0. The molecule has 3 heterocycles. The monoisotopic (exact) mass is 370 g/mol. The van der Waals surface area contributed by atoms with E-state index in [9.17, 15) is 0 Å². The first-order chi connectivity index (χ1) is 13.7. The molecule has 7 nitrogen and oxygen atoms in total. The Hall–Kier alpha value is -3.87. The van der Waals surface area contributed by atoms with Crippen LogP contribution in [0.25, 0.3) is 22.1 Å². The van der Waals surface area contributed by atoms with Crippen LogP contribution in [0.15, 0.2) is 67.0 Å². The zero-order valence-electron chi connectivity index (χ0n) is 15.3. The molecular weight excluding hydrogens is 352 g/mol. The predicted molar refractivity (Wildman–Crippen MR) is 108 cm³/mol. The molecule has 0 radical (unpaired) electrons. The number of para-hydroxylation sites is 2. The minimum absolute atomic E-state index is 0.332. The van der Waals surface area contributed by atoms with Crippen molar-refractivity contribution in [3.63, 3.8) is 0 Å². The Morgan fingerprint density at radius 1 is 1.07 bits per heavy atom. The first-order valence-electron chi connectivity index (χ1n) is 8.93. The van der Waals surface area contributed by atoms with Gasteiger partial charge in [-0.2, -0.15) is 14.7 Å². The van der Waals surface area contributed by atoms with Crippen molar-refractivity contribution >= 4 is 22.4 Å². The molecule has 3 aromatic heterocycles. The second-order valence-electron chi connectivity index (χ2n) is 6.52. The molecule has 0 atom stereocenters. The van der Waals surface area contributed by atoms with Crippen LogP contribution in [0.1, 0.15) is 11.3 Å². The van der Waals surface area contributed by atoms with E-state index in [0.717, 1.165) is 33.4 Å². The number of benzene rings is 2. The van der Waals surface area contributed by atoms with Crippen LogP contribution >= 0.6 is 0 Å². The molecule has 0 saturated heterocycles. The molecule has 5 aromatic rings. The molecule has 28 heavy (non-hydrogen) atoms. The lowest BCUT2D eigenvalue weighted by atomic mass is 10.1. The average molecular weight is 370 g/mol. The minimum Gasteiger partial charge on any atom is -0.494 e. The van der Waals surface area contributed by atoms with Crippen molar-refractivity contribution in [2.75, 3.05) is 12.8 Å². The molecule has 0 aliphatic carbocycles. The predicted octanol–water partition coefficient (Wildman–Crippen LogP) is 3.25. The van der Waals surface area contributed by atoms with E-state index in [1.54, 1.807) is 17.8 Å². The summed E-state index contributed by atoms with van der Waals surface area (Å²) in [7, 11) is 1.63. The van der Waals surface area contributed by atoms with E-state index in [4.69, 9.17) is 15.6 Å². The highest BCUT2D eigenvalue weighted by Gasteiger charge is 2.14. The van der Waals surface area contributed by atoms with Crippen molar-refractivity contribution < 1.29 is 4.74 Å². The Morgan fingerprint density at radius 3 is 2.79 bits per heavy atom. The molecule has 7 heteroatoms. The van der Waals surface area contributed by atoms with E-state index < -0.39 is 0 Å². The van der Waals surface area contributed by atoms with E-state index in [-0.39, 0.29) is 0 Å². The van der Waals surface area contributed by atoms with Crippen LogP contribution in [0.5, 0.6) is 5.75 Å². The topological polar surface area (TPSA) is 83.3 Å². The Labute approximate surface area is 161 Å². The molecule has 0 aliphatic rings. The number of ether oxygens (including phenoxy) is 1. The standard InChI is InChI=1S/C21H18N6O/c1-28-19-9-4-7-16-18-13-15(25-27(18)21(22)24-20(16)19)12-14-6-2-3-8-17(14)26-11-5-10-23-26/h2-11,13H,12H2,1H3,(H2,22,24). The van der Waals surface area contributed by atoms with Crippen LogP contribution in [0.4, 0.5) is 5.95 Å². The number of hydrogen-bond donors (Lipinski definition) is 1. The number of anilines is 1. The number of fused-ring (bicyclic) bond motifs is 3. The van der Waals surface area contributed by atoms with Crippen LogP contribution in [-0.2, 0) is 6.42 Å². The van der Waals surface area contributed by atoms with Crippen molar-refractivity contribution in [1.29, 1.82) is 0 Å². The van der Waals surface area contributed by atoms with Gasteiger partial charge in [0.05, 0.1) is 24.0 Å². The highest BCUT2D eigenvalue weighted by Crippen LogP contribution is 2.29. The zero-order chi connectivity index (χ0) is 19.1. The molecule has 0 amide bonds. The highest BCUT2D eigenvalue weighted by atomic mass is 16.5. The third-order valence-corrected chi connectivity index (χ3v) is 4.81. The number of aromatic nitrogens is 5. The largest absolute Gasteiger partial charge is 0.494 e. The quantitative estimate of drug-likeness (QED) is 0.525. The maximum atomic E-state index is 6.18. The minimum atomic E-state index is 0.332. The summed E-state index contributed by atoms with van der Waals surface area (Å²) in [5.74, 6) is 1.03. The van der Waals surface area contributed by atoms with Crippen molar-refractivity contribution in [2.24, 2.45) is 0 Å². The summed E-state index contributed by atoms with van der Waals surface area (Å²) in [5, 5.41) is 10.00. The van der Waals surface area contributed by atoms with Gasteiger partial charge in [-0.1, -0.05) is 30.3 Å². The lowest BCUT2D eigenvalue weighted by Gasteiger charge is -2.08. The van der Waals surface area contributed by atoms with Crippen LogP contribution in [0.3, 0.4) is 0 Å². The third kappa shape index (κ3) is 2.56. The van der Waals surface area contributed by atoms with E-state index in [2.05, 4.69) is 22.2 Å². The van der Waals surface area contributed by atoms with Crippen molar-refractivity contribution in [3.8, 4) is 11.4 Å². The zero-order valence-corrected chi connectivity index (χ0v) is 15.3. The van der Waals surface area contributed by atoms with Gasteiger partial charge in [0, 0.05) is 24.2 Å². The number of methoxy groups -OCH3 is 1. The summed E-state index contributed by atoms with van der Waals surface area (Å²) < 4.78 is 8.98. The first-order valence-corrected chi connectivity index (χ1v) is 8.93. The average Bonchev–Trinajstić information content (AvgIpc) is 3.39. The molecule has 5 rings (SSSR count). The Balaban J connectivity index is 1.64. The van der Waals surface area contributed by atoms with Crippen molar-refractivity contribution in [1.82, 2.24) is 24.4 Å². The van der Waals surface area contributed by atoms with Gasteiger partial charge in [-0.3, -0.25) is 0 Å². The normalized spacial score (nSPS) is 11.3.